The van der Waals surface area contributed by atoms with Gasteiger partial charge in [-0.25, -0.2) is 0 Å². The quantitative estimate of drug-likeness (QED) is 0.297. The molecule has 0 bridgehead atoms. The number of nitrogens with one attached hydrogen (secondary N) is 1. The monoisotopic (exact) mass is 239 g/mol. The molecule has 4 N–H and O–H groups in total. The Morgan fingerprint density at radius 1 is 1.76 bits per heavy atom. The molecule has 0 aliphatic heterocycles. The number of oxime groups is 1. The standard InChI is InChI=1S/C10H17N5O2/c1-4-8(9(11)14-17)12-10(16)7-5-15(3)13-6(7)2/h5,8,17H,4H2,1-3H3,(H2,11,14)(H,12,16). The summed E-state index contributed by atoms with van der Waals surface area (Å²) in [6.45, 7) is 3.58. The van der Waals surface area contributed by atoms with E-state index in [0.29, 0.717) is 17.7 Å². The third kappa shape index (κ3) is 2.96. The van der Waals surface area contributed by atoms with Gasteiger partial charge in [-0.05, 0) is 13.3 Å². The molecule has 0 aromatic carbocycles. The van der Waals surface area contributed by atoms with Gasteiger partial charge in [0.25, 0.3) is 5.91 Å². The maximum atomic E-state index is 11.9. The number of aromatic nitrogens is 2. The predicted molar refractivity (Wildman–Crippen MR) is 62.9 cm³/mol. The molecule has 1 rings (SSSR count). The van der Waals surface area contributed by atoms with E-state index >= 15 is 0 Å². The Morgan fingerprint density at radius 2 is 2.41 bits per heavy atom. The summed E-state index contributed by atoms with van der Waals surface area (Å²) in [5.41, 5.74) is 6.58. The highest BCUT2D eigenvalue weighted by Crippen LogP contribution is 2.05. The third-order valence-electron chi connectivity index (χ3n) is 2.44. The van der Waals surface area contributed by atoms with Gasteiger partial charge < -0.3 is 16.3 Å². The normalized spacial score (nSPS) is 13.5. The van der Waals surface area contributed by atoms with E-state index in [4.69, 9.17) is 10.9 Å². The summed E-state index contributed by atoms with van der Waals surface area (Å²) in [5, 5.41) is 18.2. The van der Waals surface area contributed by atoms with E-state index in [1.54, 1.807) is 24.9 Å². The lowest BCUT2D eigenvalue weighted by molar-refractivity contribution is 0.0945. The molecule has 0 radical (unpaired) electrons. The molecule has 1 heterocycles. The number of nitrogens with two attached hydrogens (primary N) is 1. The molecule has 1 aromatic heterocycles. The highest BCUT2D eigenvalue weighted by molar-refractivity contribution is 5.98. The van der Waals surface area contributed by atoms with Crippen LogP contribution in [-0.4, -0.2) is 32.8 Å². The number of rotatable bonds is 4. The molecular formula is C10H17N5O2. The molecule has 17 heavy (non-hydrogen) atoms. The van der Waals surface area contributed by atoms with Crippen molar-refractivity contribution in [2.45, 2.75) is 26.3 Å². The smallest absolute Gasteiger partial charge is 0.255 e. The fourth-order valence-corrected chi connectivity index (χ4v) is 1.51. The van der Waals surface area contributed by atoms with Crippen molar-refractivity contribution in [3.05, 3.63) is 17.5 Å². The van der Waals surface area contributed by atoms with Gasteiger partial charge in [0.15, 0.2) is 5.84 Å². The number of amides is 1. The largest absolute Gasteiger partial charge is 0.409 e. The van der Waals surface area contributed by atoms with Crippen molar-refractivity contribution >= 4 is 11.7 Å². The van der Waals surface area contributed by atoms with Crippen LogP contribution in [0, 0.1) is 6.92 Å². The van der Waals surface area contributed by atoms with E-state index in [1.165, 1.54) is 0 Å². The second-order valence-corrected chi connectivity index (χ2v) is 3.76. The summed E-state index contributed by atoms with van der Waals surface area (Å²) >= 11 is 0. The van der Waals surface area contributed by atoms with Crippen LogP contribution in [0.3, 0.4) is 0 Å². The number of hydrogen-bond acceptors (Lipinski definition) is 4. The molecule has 94 valence electrons. The van der Waals surface area contributed by atoms with E-state index in [9.17, 15) is 4.79 Å². The predicted octanol–water partition coefficient (Wildman–Crippen LogP) is -0.0167. The van der Waals surface area contributed by atoms with Gasteiger partial charge in [-0.2, -0.15) is 5.10 Å². The van der Waals surface area contributed by atoms with Gasteiger partial charge in [-0.1, -0.05) is 12.1 Å². The molecule has 0 saturated carbocycles. The van der Waals surface area contributed by atoms with E-state index in [1.807, 2.05) is 6.92 Å². The van der Waals surface area contributed by atoms with Crippen molar-refractivity contribution in [2.75, 3.05) is 0 Å². The molecule has 1 aromatic rings. The highest BCUT2D eigenvalue weighted by atomic mass is 16.4. The Labute approximate surface area is 99.3 Å². The van der Waals surface area contributed by atoms with Gasteiger partial charge in [-0.15, -0.1) is 0 Å². The van der Waals surface area contributed by atoms with Crippen LogP contribution in [-0.2, 0) is 7.05 Å². The summed E-state index contributed by atoms with van der Waals surface area (Å²) in [4.78, 5) is 11.9. The molecule has 0 fully saturated rings. The Morgan fingerprint density at radius 3 is 2.82 bits per heavy atom. The van der Waals surface area contributed by atoms with Crippen molar-refractivity contribution in [1.29, 1.82) is 0 Å². The average Bonchev–Trinajstić information content (AvgIpc) is 2.64. The average molecular weight is 239 g/mol. The minimum absolute atomic E-state index is 0.0117. The SMILES string of the molecule is CCC(NC(=O)c1cn(C)nc1C)C(N)=NO. The molecule has 0 aliphatic rings. The van der Waals surface area contributed by atoms with E-state index in [2.05, 4.69) is 15.6 Å². The summed E-state index contributed by atoms with van der Waals surface area (Å²) in [6, 6.07) is -0.480. The second kappa shape index (κ2) is 5.33. The topological polar surface area (TPSA) is 106 Å². The van der Waals surface area contributed by atoms with E-state index < -0.39 is 6.04 Å². The molecular weight excluding hydrogens is 222 g/mol. The lowest BCUT2D eigenvalue weighted by atomic mass is 10.2. The van der Waals surface area contributed by atoms with E-state index in [-0.39, 0.29) is 11.7 Å². The number of amidine groups is 1. The molecule has 7 nitrogen and oxygen atoms in total. The molecule has 1 unspecified atom stereocenters. The molecule has 1 atom stereocenters. The van der Waals surface area contributed by atoms with Gasteiger partial charge in [0.1, 0.15) is 0 Å². The lowest BCUT2D eigenvalue weighted by Gasteiger charge is -2.14. The maximum Gasteiger partial charge on any atom is 0.255 e. The number of hydrogen-bond donors (Lipinski definition) is 3. The maximum absolute atomic E-state index is 11.9. The molecule has 0 saturated heterocycles. The van der Waals surface area contributed by atoms with Crippen LogP contribution in [0.15, 0.2) is 11.4 Å². The van der Waals surface area contributed by atoms with Crippen LogP contribution in [0.2, 0.25) is 0 Å². The number of aryl methyl sites for hydroxylation is 2. The van der Waals surface area contributed by atoms with Gasteiger partial charge >= 0.3 is 0 Å². The first-order chi connectivity index (χ1) is 7.99. The van der Waals surface area contributed by atoms with Crippen molar-refractivity contribution < 1.29 is 10.0 Å². The Balaban J connectivity index is 2.81. The van der Waals surface area contributed by atoms with Crippen molar-refractivity contribution in [3.63, 3.8) is 0 Å². The summed E-state index contributed by atoms with van der Waals surface area (Å²) < 4.78 is 1.56. The zero-order valence-electron chi connectivity index (χ0n) is 10.1. The summed E-state index contributed by atoms with van der Waals surface area (Å²) in [5.74, 6) is -0.295. The molecule has 0 spiro atoms. The fourth-order valence-electron chi connectivity index (χ4n) is 1.51. The van der Waals surface area contributed by atoms with Gasteiger partial charge in [0.2, 0.25) is 0 Å². The van der Waals surface area contributed by atoms with Gasteiger partial charge in [0.05, 0.1) is 17.3 Å². The fraction of sp³-hybridized carbons (Fsp3) is 0.500. The van der Waals surface area contributed by atoms with Crippen LogP contribution < -0.4 is 11.1 Å². The minimum atomic E-state index is -0.480. The first-order valence-corrected chi connectivity index (χ1v) is 5.28. The number of nitrogens with zero attached hydrogens (tertiary/aromatic N) is 3. The van der Waals surface area contributed by atoms with Crippen molar-refractivity contribution in [1.82, 2.24) is 15.1 Å². The number of carbonyl (C=O) groups excluding carboxylic acids is 1. The van der Waals surface area contributed by atoms with E-state index in [0.717, 1.165) is 0 Å². The minimum Gasteiger partial charge on any atom is -0.409 e. The molecule has 7 heteroatoms. The van der Waals surface area contributed by atoms with Crippen LogP contribution in [0.25, 0.3) is 0 Å². The first kappa shape index (κ1) is 13.0. The Hall–Kier alpha value is -2.05. The first-order valence-electron chi connectivity index (χ1n) is 5.28. The number of carbonyl (C=O) groups is 1. The molecule has 0 aliphatic carbocycles. The van der Waals surface area contributed by atoms with Crippen LogP contribution >= 0.6 is 0 Å². The summed E-state index contributed by atoms with van der Waals surface area (Å²) in [6.07, 6.45) is 2.17. The second-order valence-electron chi connectivity index (χ2n) is 3.76. The Kier molecular flexibility index (Phi) is 4.08. The zero-order chi connectivity index (χ0) is 13.0. The lowest BCUT2D eigenvalue weighted by Crippen LogP contribution is -2.44. The summed E-state index contributed by atoms with van der Waals surface area (Å²) in [7, 11) is 1.74. The van der Waals surface area contributed by atoms with Crippen LogP contribution in [0.5, 0.6) is 0 Å². The zero-order valence-corrected chi connectivity index (χ0v) is 10.1. The van der Waals surface area contributed by atoms with Gasteiger partial charge in [-0.3, -0.25) is 9.48 Å². The Bertz CT molecular complexity index is 438. The highest BCUT2D eigenvalue weighted by Gasteiger charge is 2.18. The molecule has 1 amide bonds. The third-order valence-corrected chi connectivity index (χ3v) is 2.44. The van der Waals surface area contributed by atoms with Crippen molar-refractivity contribution in [3.8, 4) is 0 Å². The van der Waals surface area contributed by atoms with Crippen LogP contribution in [0.4, 0.5) is 0 Å². The van der Waals surface area contributed by atoms with Crippen LogP contribution in [0.1, 0.15) is 29.4 Å². The van der Waals surface area contributed by atoms with Gasteiger partial charge in [0, 0.05) is 13.2 Å². The van der Waals surface area contributed by atoms with Crippen molar-refractivity contribution in [2.24, 2.45) is 17.9 Å².